The minimum Gasteiger partial charge on any atom is -0.325 e. The van der Waals surface area contributed by atoms with Crippen LogP contribution < -0.4 is 11.1 Å². The summed E-state index contributed by atoms with van der Waals surface area (Å²) in [5, 5.41) is 7.51. The Bertz CT molecular complexity index is 530. The molecule has 5 nitrogen and oxygen atoms in total. The summed E-state index contributed by atoms with van der Waals surface area (Å²) in [5.74, 6) is 1.24. The first-order valence-corrected chi connectivity index (χ1v) is 8.19. The van der Waals surface area contributed by atoms with E-state index in [-0.39, 0.29) is 11.8 Å². The number of carbonyl (C=O) groups is 1. The minimum atomic E-state index is -0.394. The number of amides is 1. The summed E-state index contributed by atoms with van der Waals surface area (Å²) in [4.78, 5) is 12.5. The van der Waals surface area contributed by atoms with Crippen LogP contribution in [0.4, 0.5) is 5.82 Å². The lowest BCUT2D eigenvalue weighted by Gasteiger charge is -2.37. The number of rotatable bonds is 4. The zero-order valence-corrected chi connectivity index (χ0v) is 13.1. The van der Waals surface area contributed by atoms with Crippen molar-refractivity contribution in [2.45, 2.75) is 70.4 Å². The van der Waals surface area contributed by atoms with Gasteiger partial charge in [0.05, 0.1) is 5.92 Å². The smallest absolute Gasteiger partial charge is 0.230 e. The van der Waals surface area contributed by atoms with Crippen molar-refractivity contribution < 1.29 is 4.79 Å². The number of aromatic nitrogens is 2. The summed E-state index contributed by atoms with van der Waals surface area (Å²) in [6, 6.07) is 2.04. The predicted molar refractivity (Wildman–Crippen MR) is 83.1 cm³/mol. The van der Waals surface area contributed by atoms with Crippen molar-refractivity contribution in [3.63, 3.8) is 0 Å². The maximum atomic E-state index is 12.5. The van der Waals surface area contributed by atoms with E-state index in [2.05, 4.69) is 17.3 Å². The summed E-state index contributed by atoms with van der Waals surface area (Å²) in [7, 11) is 0. The van der Waals surface area contributed by atoms with Gasteiger partial charge in [-0.2, -0.15) is 5.10 Å². The molecule has 1 aromatic heterocycles. The van der Waals surface area contributed by atoms with Crippen molar-refractivity contribution in [2.24, 2.45) is 11.7 Å². The number of anilines is 1. The molecule has 2 saturated carbocycles. The maximum Gasteiger partial charge on any atom is 0.230 e. The van der Waals surface area contributed by atoms with Crippen LogP contribution in [0.3, 0.4) is 0 Å². The van der Waals surface area contributed by atoms with Gasteiger partial charge in [0.2, 0.25) is 5.91 Å². The molecule has 5 heteroatoms. The maximum absolute atomic E-state index is 12.5. The second-order valence-corrected chi connectivity index (χ2v) is 6.84. The molecule has 2 aliphatic rings. The summed E-state index contributed by atoms with van der Waals surface area (Å²) in [5.41, 5.74) is 7.17. The Labute approximate surface area is 126 Å². The third-order valence-electron chi connectivity index (χ3n) is 4.93. The predicted octanol–water partition coefficient (Wildman–Crippen LogP) is 2.63. The lowest BCUT2D eigenvalue weighted by molar-refractivity contribution is -0.122. The van der Waals surface area contributed by atoms with E-state index in [0.29, 0.717) is 11.7 Å². The monoisotopic (exact) mass is 290 g/mol. The molecule has 116 valence electrons. The molecule has 3 rings (SSSR count). The van der Waals surface area contributed by atoms with Crippen molar-refractivity contribution in [1.29, 1.82) is 0 Å². The minimum absolute atomic E-state index is 0.0304. The van der Waals surface area contributed by atoms with E-state index in [9.17, 15) is 4.79 Å². The zero-order valence-electron chi connectivity index (χ0n) is 13.1. The van der Waals surface area contributed by atoms with E-state index in [1.165, 1.54) is 18.5 Å². The molecule has 0 spiro atoms. The van der Waals surface area contributed by atoms with Gasteiger partial charge in [-0.3, -0.25) is 9.48 Å². The standard InChI is InChI=1S/C16H26N4O/c1-3-20-13(11-7-8-11)10-14(19-20)18-15(21)12-6-4-5-9-16(12,2)17/h10-12H,3-9,17H2,1-2H3,(H,18,19,21). The number of nitrogens with two attached hydrogens (primary N) is 1. The van der Waals surface area contributed by atoms with Gasteiger partial charge in [-0.1, -0.05) is 12.8 Å². The topological polar surface area (TPSA) is 72.9 Å². The van der Waals surface area contributed by atoms with Gasteiger partial charge in [-0.15, -0.1) is 0 Å². The number of nitrogens with zero attached hydrogens (tertiary/aromatic N) is 2. The van der Waals surface area contributed by atoms with Gasteiger partial charge < -0.3 is 11.1 Å². The van der Waals surface area contributed by atoms with Crippen LogP contribution in [0.2, 0.25) is 0 Å². The molecule has 2 fully saturated rings. The van der Waals surface area contributed by atoms with E-state index in [4.69, 9.17) is 5.73 Å². The van der Waals surface area contributed by atoms with Gasteiger partial charge in [0.1, 0.15) is 0 Å². The Morgan fingerprint density at radius 3 is 2.86 bits per heavy atom. The van der Waals surface area contributed by atoms with Crippen LogP contribution in [0, 0.1) is 5.92 Å². The highest BCUT2D eigenvalue weighted by Gasteiger charge is 2.38. The normalized spacial score (nSPS) is 29.4. The fourth-order valence-electron chi connectivity index (χ4n) is 3.46. The Hall–Kier alpha value is -1.36. The Balaban J connectivity index is 1.72. The third kappa shape index (κ3) is 2.98. The quantitative estimate of drug-likeness (QED) is 0.895. The number of carbonyl (C=O) groups excluding carboxylic acids is 1. The van der Waals surface area contributed by atoms with Crippen LogP contribution in [0.25, 0.3) is 0 Å². The van der Waals surface area contributed by atoms with E-state index in [1.807, 2.05) is 17.7 Å². The molecule has 2 aliphatic carbocycles. The molecule has 1 amide bonds. The molecule has 1 aromatic rings. The first kappa shape index (κ1) is 14.6. The van der Waals surface area contributed by atoms with E-state index in [0.717, 1.165) is 32.2 Å². The molecule has 0 bridgehead atoms. The molecule has 0 aliphatic heterocycles. The van der Waals surface area contributed by atoms with Crippen LogP contribution >= 0.6 is 0 Å². The van der Waals surface area contributed by atoms with Gasteiger partial charge in [0.25, 0.3) is 0 Å². The average Bonchev–Trinajstić information content (AvgIpc) is 3.20. The lowest BCUT2D eigenvalue weighted by Crippen LogP contribution is -2.51. The molecule has 0 aromatic carbocycles. The van der Waals surface area contributed by atoms with Crippen molar-refractivity contribution in [3.8, 4) is 0 Å². The second kappa shape index (κ2) is 5.44. The molecular weight excluding hydrogens is 264 g/mol. The van der Waals surface area contributed by atoms with E-state index < -0.39 is 5.54 Å². The Morgan fingerprint density at radius 2 is 2.24 bits per heavy atom. The SMILES string of the molecule is CCn1nc(NC(=O)C2CCCCC2(C)N)cc1C1CC1. The summed E-state index contributed by atoms with van der Waals surface area (Å²) >= 11 is 0. The van der Waals surface area contributed by atoms with Crippen LogP contribution in [-0.4, -0.2) is 21.2 Å². The first-order valence-electron chi connectivity index (χ1n) is 8.19. The van der Waals surface area contributed by atoms with E-state index in [1.54, 1.807) is 0 Å². The highest BCUT2D eigenvalue weighted by molar-refractivity contribution is 5.92. The average molecular weight is 290 g/mol. The molecule has 0 saturated heterocycles. The van der Waals surface area contributed by atoms with Crippen molar-refractivity contribution in [2.75, 3.05) is 5.32 Å². The number of aryl methyl sites for hydroxylation is 1. The van der Waals surface area contributed by atoms with Gasteiger partial charge in [-0.05, 0) is 39.5 Å². The van der Waals surface area contributed by atoms with Crippen molar-refractivity contribution >= 4 is 11.7 Å². The molecule has 2 atom stereocenters. The lowest BCUT2D eigenvalue weighted by atomic mass is 9.74. The summed E-state index contributed by atoms with van der Waals surface area (Å²) in [6.07, 6.45) is 6.48. The van der Waals surface area contributed by atoms with Crippen molar-refractivity contribution in [1.82, 2.24) is 9.78 Å². The molecular formula is C16H26N4O. The molecule has 0 radical (unpaired) electrons. The molecule has 3 N–H and O–H groups in total. The number of hydrogen-bond donors (Lipinski definition) is 2. The zero-order chi connectivity index (χ0) is 15.0. The van der Waals surface area contributed by atoms with Crippen LogP contribution in [0.1, 0.15) is 64.0 Å². The Morgan fingerprint density at radius 1 is 1.48 bits per heavy atom. The van der Waals surface area contributed by atoms with Gasteiger partial charge in [0, 0.05) is 29.8 Å². The van der Waals surface area contributed by atoms with Crippen molar-refractivity contribution in [3.05, 3.63) is 11.8 Å². The van der Waals surface area contributed by atoms with E-state index >= 15 is 0 Å². The molecule has 1 heterocycles. The highest BCUT2D eigenvalue weighted by Crippen LogP contribution is 2.41. The number of nitrogens with one attached hydrogen (secondary N) is 1. The Kier molecular flexibility index (Phi) is 3.78. The first-order chi connectivity index (χ1) is 10.0. The van der Waals surface area contributed by atoms with Gasteiger partial charge in [0.15, 0.2) is 5.82 Å². The number of hydrogen-bond acceptors (Lipinski definition) is 3. The second-order valence-electron chi connectivity index (χ2n) is 6.84. The summed E-state index contributed by atoms with van der Waals surface area (Å²) in [6.45, 7) is 4.93. The van der Waals surface area contributed by atoms with Crippen LogP contribution in [0.15, 0.2) is 6.07 Å². The molecule has 2 unspecified atom stereocenters. The van der Waals surface area contributed by atoms with Crippen LogP contribution in [0.5, 0.6) is 0 Å². The molecule has 21 heavy (non-hydrogen) atoms. The fraction of sp³-hybridized carbons (Fsp3) is 0.750. The van der Waals surface area contributed by atoms with Gasteiger partial charge >= 0.3 is 0 Å². The van der Waals surface area contributed by atoms with Crippen LogP contribution in [-0.2, 0) is 11.3 Å². The third-order valence-corrected chi connectivity index (χ3v) is 4.93. The summed E-state index contributed by atoms with van der Waals surface area (Å²) < 4.78 is 2.01. The highest BCUT2D eigenvalue weighted by atomic mass is 16.2. The largest absolute Gasteiger partial charge is 0.325 e. The van der Waals surface area contributed by atoms with Gasteiger partial charge in [-0.25, -0.2) is 0 Å². The fourth-order valence-corrected chi connectivity index (χ4v) is 3.46.